The zero-order valence-electron chi connectivity index (χ0n) is 13.1. The van der Waals surface area contributed by atoms with Crippen molar-refractivity contribution >= 4 is 5.82 Å². The van der Waals surface area contributed by atoms with Crippen LogP contribution in [0, 0.1) is 0 Å². The average Bonchev–Trinajstić information content (AvgIpc) is 2.48. The highest BCUT2D eigenvalue weighted by Crippen LogP contribution is 2.25. The van der Waals surface area contributed by atoms with E-state index in [1.165, 1.54) is 19.3 Å². The van der Waals surface area contributed by atoms with Gasteiger partial charge in [-0.15, -0.1) is 0 Å². The van der Waals surface area contributed by atoms with Crippen LogP contribution < -0.4 is 10.2 Å². The van der Waals surface area contributed by atoms with Crippen LogP contribution in [0.4, 0.5) is 5.82 Å². The molecule has 112 valence electrons. The van der Waals surface area contributed by atoms with Crippen LogP contribution in [0.15, 0.2) is 12.4 Å². The predicted octanol–water partition coefficient (Wildman–Crippen LogP) is 2.79. The van der Waals surface area contributed by atoms with Crippen molar-refractivity contribution < 1.29 is 0 Å². The Hall–Kier alpha value is -1.16. The second kappa shape index (κ2) is 7.58. The number of aryl methyl sites for hydroxylation is 1. The minimum atomic E-state index is 0.505. The van der Waals surface area contributed by atoms with E-state index >= 15 is 0 Å². The maximum Gasteiger partial charge on any atom is 0.132 e. The Bertz CT molecular complexity index is 407. The lowest BCUT2D eigenvalue weighted by Gasteiger charge is -2.40. The zero-order valence-corrected chi connectivity index (χ0v) is 13.1. The van der Waals surface area contributed by atoms with Gasteiger partial charge in [0, 0.05) is 30.4 Å². The number of nitrogens with zero attached hydrogens (tertiary/aromatic N) is 3. The summed E-state index contributed by atoms with van der Waals surface area (Å²) in [7, 11) is 0. The van der Waals surface area contributed by atoms with Crippen molar-refractivity contribution in [3.8, 4) is 0 Å². The van der Waals surface area contributed by atoms with Crippen LogP contribution in [-0.2, 0) is 6.42 Å². The fourth-order valence-corrected chi connectivity index (χ4v) is 3.16. The van der Waals surface area contributed by atoms with Crippen LogP contribution in [0.1, 0.15) is 52.1 Å². The van der Waals surface area contributed by atoms with Gasteiger partial charge in [0.05, 0.1) is 0 Å². The van der Waals surface area contributed by atoms with Gasteiger partial charge >= 0.3 is 0 Å². The van der Waals surface area contributed by atoms with E-state index in [2.05, 4.69) is 47.0 Å². The standard InChI is InChI=1S/C16H28N4/c1-4-8-14-11-16(19-12-18-14)20-10-7-6-9-15(20)13(3)17-5-2/h11-13,15,17H,4-10H2,1-3H3. The van der Waals surface area contributed by atoms with Gasteiger partial charge in [0.2, 0.25) is 0 Å². The second-order valence-electron chi connectivity index (χ2n) is 5.72. The Labute approximate surface area is 123 Å². The quantitative estimate of drug-likeness (QED) is 0.867. The largest absolute Gasteiger partial charge is 0.352 e. The van der Waals surface area contributed by atoms with E-state index in [0.717, 1.165) is 37.4 Å². The van der Waals surface area contributed by atoms with Crippen LogP contribution >= 0.6 is 0 Å². The maximum atomic E-state index is 4.53. The van der Waals surface area contributed by atoms with Gasteiger partial charge in [-0.25, -0.2) is 9.97 Å². The number of nitrogens with one attached hydrogen (secondary N) is 1. The highest BCUT2D eigenvalue weighted by Gasteiger charge is 2.27. The Morgan fingerprint density at radius 3 is 2.95 bits per heavy atom. The van der Waals surface area contributed by atoms with E-state index < -0.39 is 0 Å². The minimum Gasteiger partial charge on any atom is -0.352 e. The molecule has 4 nitrogen and oxygen atoms in total. The molecular weight excluding hydrogens is 248 g/mol. The molecule has 1 fully saturated rings. The van der Waals surface area contributed by atoms with Gasteiger partial charge in [-0.05, 0) is 39.2 Å². The fraction of sp³-hybridized carbons (Fsp3) is 0.750. The molecule has 0 bridgehead atoms. The molecule has 2 heterocycles. The first kappa shape index (κ1) is 15.2. The molecule has 1 aromatic rings. The van der Waals surface area contributed by atoms with Crippen LogP contribution in [0.3, 0.4) is 0 Å². The summed E-state index contributed by atoms with van der Waals surface area (Å²) in [6.45, 7) is 8.80. The van der Waals surface area contributed by atoms with Crippen molar-refractivity contribution in [1.29, 1.82) is 0 Å². The number of rotatable bonds is 6. The summed E-state index contributed by atoms with van der Waals surface area (Å²) in [6.07, 6.45) is 7.74. The topological polar surface area (TPSA) is 41.0 Å². The maximum absolute atomic E-state index is 4.53. The van der Waals surface area contributed by atoms with Crippen molar-refractivity contribution in [2.75, 3.05) is 18.0 Å². The van der Waals surface area contributed by atoms with Crippen LogP contribution in [-0.4, -0.2) is 35.1 Å². The number of piperidine rings is 1. The van der Waals surface area contributed by atoms with Gasteiger partial charge in [0.25, 0.3) is 0 Å². The molecule has 1 aromatic heterocycles. The molecule has 2 rings (SSSR count). The van der Waals surface area contributed by atoms with Crippen molar-refractivity contribution in [3.63, 3.8) is 0 Å². The van der Waals surface area contributed by atoms with E-state index in [4.69, 9.17) is 0 Å². The Kier molecular flexibility index (Phi) is 5.77. The molecule has 0 radical (unpaired) electrons. The normalized spacial score (nSPS) is 20.9. The number of anilines is 1. The summed E-state index contributed by atoms with van der Waals surface area (Å²) in [5, 5.41) is 3.57. The van der Waals surface area contributed by atoms with Gasteiger partial charge in [0.1, 0.15) is 12.1 Å². The van der Waals surface area contributed by atoms with E-state index in [1.54, 1.807) is 6.33 Å². The summed E-state index contributed by atoms with van der Waals surface area (Å²) in [4.78, 5) is 11.4. The summed E-state index contributed by atoms with van der Waals surface area (Å²) < 4.78 is 0. The van der Waals surface area contributed by atoms with Crippen LogP contribution in [0.5, 0.6) is 0 Å². The summed E-state index contributed by atoms with van der Waals surface area (Å²) in [5.74, 6) is 1.11. The Balaban J connectivity index is 2.16. The van der Waals surface area contributed by atoms with Crippen molar-refractivity contribution in [2.45, 2.75) is 65.0 Å². The first-order chi connectivity index (χ1) is 9.76. The van der Waals surface area contributed by atoms with Crippen molar-refractivity contribution in [1.82, 2.24) is 15.3 Å². The minimum absolute atomic E-state index is 0.505. The lowest BCUT2D eigenvalue weighted by Crippen LogP contribution is -2.51. The Morgan fingerprint density at radius 1 is 1.35 bits per heavy atom. The molecule has 0 spiro atoms. The van der Waals surface area contributed by atoms with Crippen LogP contribution in [0.25, 0.3) is 0 Å². The third-order valence-corrected chi connectivity index (χ3v) is 4.16. The molecule has 0 amide bonds. The van der Waals surface area contributed by atoms with E-state index in [0.29, 0.717) is 12.1 Å². The predicted molar refractivity (Wildman–Crippen MR) is 84.2 cm³/mol. The third kappa shape index (κ3) is 3.69. The van der Waals surface area contributed by atoms with Gasteiger partial charge in [-0.2, -0.15) is 0 Å². The summed E-state index contributed by atoms with van der Waals surface area (Å²) >= 11 is 0. The molecule has 0 aliphatic carbocycles. The average molecular weight is 276 g/mol. The van der Waals surface area contributed by atoms with E-state index in [1.807, 2.05) is 0 Å². The molecule has 1 aliphatic rings. The lowest BCUT2D eigenvalue weighted by molar-refractivity contribution is 0.370. The first-order valence-electron chi connectivity index (χ1n) is 8.07. The fourth-order valence-electron chi connectivity index (χ4n) is 3.16. The Morgan fingerprint density at radius 2 is 2.20 bits per heavy atom. The summed E-state index contributed by atoms with van der Waals surface area (Å²) in [5.41, 5.74) is 1.16. The molecule has 2 atom stereocenters. The molecular formula is C16H28N4. The van der Waals surface area contributed by atoms with Gasteiger partial charge in [-0.3, -0.25) is 0 Å². The lowest BCUT2D eigenvalue weighted by atomic mass is 9.96. The van der Waals surface area contributed by atoms with Crippen molar-refractivity contribution in [2.24, 2.45) is 0 Å². The highest BCUT2D eigenvalue weighted by molar-refractivity contribution is 5.41. The molecule has 0 aromatic carbocycles. The molecule has 1 aliphatic heterocycles. The molecule has 4 heteroatoms. The first-order valence-corrected chi connectivity index (χ1v) is 8.07. The molecule has 0 saturated carbocycles. The zero-order chi connectivity index (χ0) is 14.4. The van der Waals surface area contributed by atoms with Gasteiger partial charge in [0.15, 0.2) is 0 Å². The molecule has 1 N–H and O–H groups in total. The van der Waals surface area contributed by atoms with E-state index in [9.17, 15) is 0 Å². The number of hydrogen-bond acceptors (Lipinski definition) is 4. The number of aromatic nitrogens is 2. The number of likely N-dealkylation sites (N-methyl/N-ethyl adjacent to an activating group) is 1. The molecule has 2 unspecified atom stereocenters. The summed E-state index contributed by atoms with van der Waals surface area (Å²) in [6, 6.07) is 3.23. The SMILES string of the molecule is CCCc1cc(N2CCCCC2C(C)NCC)ncn1. The molecule has 20 heavy (non-hydrogen) atoms. The van der Waals surface area contributed by atoms with E-state index in [-0.39, 0.29) is 0 Å². The van der Waals surface area contributed by atoms with Crippen LogP contribution in [0.2, 0.25) is 0 Å². The third-order valence-electron chi connectivity index (χ3n) is 4.16. The van der Waals surface area contributed by atoms with Gasteiger partial charge < -0.3 is 10.2 Å². The monoisotopic (exact) mass is 276 g/mol. The molecule has 1 saturated heterocycles. The van der Waals surface area contributed by atoms with Gasteiger partial charge in [-0.1, -0.05) is 20.3 Å². The van der Waals surface area contributed by atoms with Crippen molar-refractivity contribution in [3.05, 3.63) is 18.1 Å². The smallest absolute Gasteiger partial charge is 0.132 e. The second-order valence-corrected chi connectivity index (χ2v) is 5.72. The number of hydrogen-bond donors (Lipinski definition) is 1. The highest BCUT2D eigenvalue weighted by atomic mass is 15.2.